The van der Waals surface area contributed by atoms with Crippen LogP contribution in [0.15, 0.2) is 30.3 Å². The maximum absolute atomic E-state index is 12.3. The Morgan fingerprint density at radius 2 is 1.89 bits per heavy atom. The molecular weight excluding hydrogens is 244 g/mol. The number of hydrogen-bond acceptors (Lipinski definition) is 4. The molecule has 0 spiro atoms. The highest BCUT2D eigenvalue weighted by atomic mass is 16.3. The lowest BCUT2D eigenvalue weighted by Crippen LogP contribution is -2.55. The summed E-state index contributed by atoms with van der Waals surface area (Å²) in [6, 6.07) is 9.23. The van der Waals surface area contributed by atoms with Gasteiger partial charge < -0.3 is 21.3 Å². The Morgan fingerprint density at radius 3 is 2.32 bits per heavy atom. The van der Waals surface area contributed by atoms with E-state index in [9.17, 15) is 15.0 Å². The van der Waals surface area contributed by atoms with E-state index in [1.165, 1.54) is 0 Å². The number of carbonyl (C=O) groups excluding carboxylic acids is 1. The van der Waals surface area contributed by atoms with Crippen LogP contribution in [0.4, 0.5) is 0 Å². The molecule has 0 saturated carbocycles. The van der Waals surface area contributed by atoms with Crippen molar-refractivity contribution in [3.8, 4) is 0 Å². The highest BCUT2D eigenvalue weighted by Gasteiger charge is 2.31. The summed E-state index contributed by atoms with van der Waals surface area (Å²) in [5.41, 5.74) is 5.50. The van der Waals surface area contributed by atoms with Gasteiger partial charge in [-0.1, -0.05) is 37.3 Å². The Hall–Kier alpha value is -1.43. The summed E-state index contributed by atoms with van der Waals surface area (Å²) in [6.07, 6.45) is 0.442. The predicted octanol–water partition coefficient (Wildman–Crippen LogP) is -0.0215. The van der Waals surface area contributed by atoms with E-state index < -0.39 is 11.5 Å². The third-order valence-electron chi connectivity index (χ3n) is 3.42. The molecule has 0 aliphatic heterocycles. The molecule has 106 valence electrons. The van der Waals surface area contributed by atoms with Crippen molar-refractivity contribution >= 4 is 5.91 Å². The first-order chi connectivity index (χ1) is 9.12. The van der Waals surface area contributed by atoms with Gasteiger partial charge in [-0.25, -0.2) is 0 Å². The second-order valence-electron chi connectivity index (χ2n) is 4.64. The van der Waals surface area contributed by atoms with E-state index in [0.717, 1.165) is 5.56 Å². The van der Waals surface area contributed by atoms with Crippen LogP contribution in [0.2, 0.25) is 0 Å². The maximum Gasteiger partial charge on any atom is 0.229 e. The van der Waals surface area contributed by atoms with E-state index in [-0.39, 0.29) is 25.7 Å². The van der Waals surface area contributed by atoms with Gasteiger partial charge in [0.1, 0.15) is 0 Å². The van der Waals surface area contributed by atoms with Crippen LogP contribution in [0.1, 0.15) is 24.8 Å². The number of aliphatic hydroxyl groups excluding tert-OH is 2. The largest absolute Gasteiger partial charge is 0.394 e. The number of amides is 1. The van der Waals surface area contributed by atoms with Gasteiger partial charge >= 0.3 is 0 Å². The molecule has 1 atom stereocenters. The molecule has 0 radical (unpaired) electrons. The van der Waals surface area contributed by atoms with E-state index in [1.54, 1.807) is 6.92 Å². The molecule has 5 nitrogen and oxygen atoms in total. The van der Waals surface area contributed by atoms with Gasteiger partial charge in [0.25, 0.3) is 0 Å². The van der Waals surface area contributed by atoms with Crippen molar-refractivity contribution in [1.29, 1.82) is 0 Å². The zero-order valence-corrected chi connectivity index (χ0v) is 11.2. The second-order valence-corrected chi connectivity index (χ2v) is 4.64. The lowest BCUT2D eigenvalue weighted by molar-refractivity contribution is -0.125. The number of aliphatic hydroxyl groups is 2. The number of nitrogens with two attached hydrogens (primary N) is 1. The Morgan fingerprint density at radius 1 is 1.32 bits per heavy atom. The second kappa shape index (κ2) is 7.23. The van der Waals surface area contributed by atoms with E-state index in [4.69, 9.17) is 5.73 Å². The zero-order valence-electron chi connectivity index (χ0n) is 11.2. The lowest BCUT2D eigenvalue weighted by Gasteiger charge is -2.31. The Kier molecular flexibility index (Phi) is 5.95. The summed E-state index contributed by atoms with van der Waals surface area (Å²) in [4.78, 5) is 12.3. The summed E-state index contributed by atoms with van der Waals surface area (Å²) in [6.45, 7) is 1.36. The molecule has 1 rings (SSSR count). The Labute approximate surface area is 113 Å². The molecule has 5 heteroatoms. The van der Waals surface area contributed by atoms with Crippen LogP contribution in [0.25, 0.3) is 0 Å². The highest BCUT2D eigenvalue weighted by Crippen LogP contribution is 2.17. The average molecular weight is 266 g/mol. The van der Waals surface area contributed by atoms with Gasteiger partial charge in [-0.2, -0.15) is 0 Å². The van der Waals surface area contributed by atoms with Gasteiger partial charge in [-0.05, 0) is 12.0 Å². The van der Waals surface area contributed by atoms with Crippen LogP contribution in [-0.2, 0) is 4.79 Å². The molecule has 1 aromatic rings. The highest BCUT2D eigenvalue weighted by molar-refractivity contribution is 5.84. The first-order valence-electron chi connectivity index (χ1n) is 6.41. The lowest BCUT2D eigenvalue weighted by atomic mass is 9.94. The third kappa shape index (κ3) is 3.76. The van der Waals surface area contributed by atoms with Gasteiger partial charge in [0.15, 0.2) is 0 Å². The normalized spacial score (nSPS) is 13.1. The van der Waals surface area contributed by atoms with Gasteiger partial charge in [0, 0.05) is 6.54 Å². The number of nitrogens with one attached hydrogen (secondary N) is 1. The van der Waals surface area contributed by atoms with Crippen LogP contribution < -0.4 is 11.1 Å². The van der Waals surface area contributed by atoms with Crippen LogP contribution in [-0.4, -0.2) is 41.4 Å². The van der Waals surface area contributed by atoms with Gasteiger partial charge in [-0.3, -0.25) is 4.79 Å². The monoisotopic (exact) mass is 266 g/mol. The Balaban J connectivity index is 2.86. The molecule has 0 aromatic heterocycles. The summed E-state index contributed by atoms with van der Waals surface area (Å²) in [5, 5.41) is 21.4. The first kappa shape index (κ1) is 15.6. The van der Waals surface area contributed by atoms with Crippen LogP contribution in [0, 0.1) is 0 Å². The first-order valence-corrected chi connectivity index (χ1v) is 6.41. The summed E-state index contributed by atoms with van der Waals surface area (Å²) >= 11 is 0. The molecule has 0 aliphatic carbocycles. The van der Waals surface area contributed by atoms with Crippen molar-refractivity contribution < 1.29 is 15.0 Å². The van der Waals surface area contributed by atoms with Gasteiger partial charge in [-0.15, -0.1) is 0 Å². The van der Waals surface area contributed by atoms with E-state index in [0.29, 0.717) is 6.42 Å². The van der Waals surface area contributed by atoms with Crippen molar-refractivity contribution in [2.75, 3.05) is 19.8 Å². The van der Waals surface area contributed by atoms with E-state index in [2.05, 4.69) is 5.32 Å². The molecule has 0 fully saturated rings. The quantitative estimate of drug-likeness (QED) is 0.557. The zero-order chi connectivity index (χ0) is 14.3. The fourth-order valence-electron chi connectivity index (χ4n) is 1.87. The predicted molar refractivity (Wildman–Crippen MR) is 73.6 cm³/mol. The minimum Gasteiger partial charge on any atom is -0.394 e. The minimum atomic E-state index is -0.987. The van der Waals surface area contributed by atoms with Gasteiger partial charge in [0.2, 0.25) is 5.91 Å². The van der Waals surface area contributed by atoms with Crippen molar-refractivity contribution in [1.82, 2.24) is 5.32 Å². The van der Waals surface area contributed by atoms with Crippen molar-refractivity contribution in [3.63, 3.8) is 0 Å². The summed E-state index contributed by atoms with van der Waals surface area (Å²) < 4.78 is 0. The van der Waals surface area contributed by atoms with Gasteiger partial charge in [0.05, 0.1) is 24.7 Å². The molecular formula is C14H22N2O3. The number of benzene rings is 1. The third-order valence-corrected chi connectivity index (χ3v) is 3.42. The molecule has 1 aromatic carbocycles. The fraction of sp³-hybridized carbons (Fsp3) is 0.500. The number of hydrogen-bond donors (Lipinski definition) is 4. The molecule has 19 heavy (non-hydrogen) atoms. The molecule has 0 aliphatic rings. The standard InChI is InChI=1S/C14H22N2O3/c1-2-14(9-17,10-18)16-13(19)12(8-15)11-6-4-3-5-7-11/h3-7,12,17-18H,2,8-10,15H2,1H3,(H,16,19). The fourth-order valence-corrected chi connectivity index (χ4v) is 1.87. The van der Waals surface area contributed by atoms with Crippen molar-refractivity contribution in [2.45, 2.75) is 24.8 Å². The summed E-state index contributed by atoms with van der Waals surface area (Å²) in [5.74, 6) is -0.760. The molecule has 1 amide bonds. The van der Waals surface area contributed by atoms with E-state index >= 15 is 0 Å². The smallest absolute Gasteiger partial charge is 0.229 e. The van der Waals surface area contributed by atoms with Crippen molar-refractivity contribution in [3.05, 3.63) is 35.9 Å². The minimum absolute atomic E-state index is 0.173. The average Bonchev–Trinajstić information content (AvgIpc) is 2.47. The number of rotatable bonds is 7. The van der Waals surface area contributed by atoms with Crippen LogP contribution in [0.3, 0.4) is 0 Å². The SMILES string of the molecule is CCC(CO)(CO)NC(=O)C(CN)c1ccccc1. The Bertz CT molecular complexity index is 383. The van der Waals surface area contributed by atoms with Crippen LogP contribution in [0.5, 0.6) is 0 Å². The molecule has 5 N–H and O–H groups in total. The summed E-state index contributed by atoms with van der Waals surface area (Å²) in [7, 11) is 0. The molecule has 1 unspecified atom stereocenters. The molecule has 0 heterocycles. The van der Waals surface area contributed by atoms with E-state index in [1.807, 2.05) is 30.3 Å². The number of carbonyl (C=O) groups is 1. The maximum atomic E-state index is 12.3. The van der Waals surface area contributed by atoms with Crippen molar-refractivity contribution in [2.24, 2.45) is 5.73 Å². The molecule has 0 saturated heterocycles. The molecule has 0 bridgehead atoms. The topological polar surface area (TPSA) is 95.6 Å². The van der Waals surface area contributed by atoms with Crippen LogP contribution >= 0.6 is 0 Å².